The van der Waals surface area contributed by atoms with E-state index in [0.29, 0.717) is 5.75 Å². The van der Waals surface area contributed by atoms with E-state index < -0.39 is 17.9 Å². The zero-order valence-corrected chi connectivity index (χ0v) is 6.76. The molecule has 64 valence electrons. The lowest BCUT2D eigenvalue weighted by Gasteiger charge is -2.00. The van der Waals surface area contributed by atoms with Crippen molar-refractivity contribution in [3.63, 3.8) is 0 Å². The Bertz CT molecular complexity index is 162. The van der Waals surface area contributed by atoms with E-state index in [1.807, 2.05) is 0 Å². The molecule has 0 fully saturated rings. The smallest absolute Gasteiger partial charge is 0.363 e. The Morgan fingerprint density at radius 3 is 2.55 bits per heavy atom. The molecule has 0 spiro atoms. The highest BCUT2D eigenvalue weighted by molar-refractivity contribution is 8.00. The van der Waals surface area contributed by atoms with Crippen LogP contribution in [0.4, 0.5) is 0 Å². The molecule has 0 aromatic carbocycles. The first-order valence-corrected chi connectivity index (χ1v) is 4.11. The number of hydrogen-bond acceptors (Lipinski definition) is 3. The summed E-state index contributed by atoms with van der Waals surface area (Å²) in [6.07, 6.45) is 0. The topological polar surface area (TPSA) is 108 Å². The maximum atomic E-state index is 10.2. The van der Waals surface area contributed by atoms with E-state index in [4.69, 9.17) is 10.8 Å². The Kier molecular flexibility index (Phi) is 4.64. The fraction of sp³-hybridized carbons (Fsp3) is 0.600. The van der Waals surface area contributed by atoms with E-state index in [-0.39, 0.29) is 5.75 Å². The lowest BCUT2D eigenvalue weighted by atomic mass is 10.4. The lowest BCUT2D eigenvalue weighted by Crippen LogP contribution is -2.66. The minimum Gasteiger partial charge on any atom is -0.477 e. The van der Waals surface area contributed by atoms with Gasteiger partial charge in [0, 0.05) is 0 Å². The molecular formula is C5H11N2O3S+. The van der Waals surface area contributed by atoms with Gasteiger partial charge in [-0.25, -0.2) is 4.79 Å². The maximum absolute atomic E-state index is 10.2. The summed E-state index contributed by atoms with van der Waals surface area (Å²) in [6, 6.07) is -0.667. The van der Waals surface area contributed by atoms with Gasteiger partial charge >= 0.3 is 5.97 Å². The van der Waals surface area contributed by atoms with Crippen molar-refractivity contribution >= 4 is 23.6 Å². The van der Waals surface area contributed by atoms with Crippen LogP contribution in [0.1, 0.15) is 0 Å². The molecule has 0 aromatic rings. The van der Waals surface area contributed by atoms with Crippen molar-refractivity contribution in [3.05, 3.63) is 0 Å². The number of rotatable bonds is 5. The molecule has 1 amide bonds. The van der Waals surface area contributed by atoms with Gasteiger partial charge in [0.25, 0.3) is 0 Å². The third-order valence-corrected chi connectivity index (χ3v) is 2.04. The summed E-state index contributed by atoms with van der Waals surface area (Å²) in [4.78, 5) is 20.4. The molecule has 0 aliphatic rings. The molecule has 0 aromatic heterocycles. The van der Waals surface area contributed by atoms with Crippen molar-refractivity contribution in [2.45, 2.75) is 6.04 Å². The SMILES string of the molecule is NC(=O)CSC[C@H]([NH3+])C(=O)O. The molecule has 0 saturated carbocycles. The zero-order valence-electron chi connectivity index (χ0n) is 5.95. The summed E-state index contributed by atoms with van der Waals surface area (Å²) in [5, 5.41) is 8.36. The number of primary amides is 1. The fourth-order valence-corrected chi connectivity index (χ4v) is 1.12. The van der Waals surface area contributed by atoms with Crippen LogP contribution in [0.15, 0.2) is 0 Å². The van der Waals surface area contributed by atoms with Gasteiger partial charge in [0.2, 0.25) is 5.91 Å². The molecule has 11 heavy (non-hydrogen) atoms. The van der Waals surface area contributed by atoms with Crippen molar-refractivity contribution in [2.24, 2.45) is 5.73 Å². The number of aliphatic carboxylic acids is 1. The first-order chi connectivity index (χ1) is 5.04. The van der Waals surface area contributed by atoms with E-state index in [2.05, 4.69) is 5.73 Å². The minimum atomic E-state index is -0.957. The molecule has 0 heterocycles. The number of carboxylic acids is 1. The highest BCUT2D eigenvalue weighted by atomic mass is 32.2. The Morgan fingerprint density at radius 2 is 2.18 bits per heavy atom. The number of carboxylic acid groups (broad SMARTS) is 1. The first-order valence-electron chi connectivity index (χ1n) is 2.96. The average molecular weight is 179 g/mol. The van der Waals surface area contributed by atoms with Crippen molar-refractivity contribution in [1.82, 2.24) is 0 Å². The van der Waals surface area contributed by atoms with E-state index in [9.17, 15) is 9.59 Å². The van der Waals surface area contributed by atoms with E-state index in [1.165, 1.54) is 11.8 Å². The van der Waals surface area contributed by atoms with Crippen molar-refractivity contribution in [1.29, 1.82) is 0 Å². The summed E-state index contributed by atoms with van der Waals surface area (Å²) in [7, 11) is 0. The van der Waals surface area contributed by atoms with Crippen LogP contribution in [-0.4, -0.2) is 34.5 Å². The lowest BCUT2D eigenvalue weighted by molar-refractivity contribution is -0.400. The number of nitrogens with two attached hydrogens (primary N) is 1. The molecule has 6 N–H and O–H groups in total. The number of thioether (sulfide) groups is 1. The van der Waals surface area contributed by atoms with Crippen LogP contribution in [0, 0.1) is 0 Å². The second kappa shape index (κ2) is 4.97. The van der Waals surface area contributed by atoms with Gasteiger partial charge in [-0.3, -0.25) is 4.79 Å². The quantitative estimate of drug-likeness (QED) is 0.449. The molecule has 5 nitrogen and oxygen atoms in total. The van der Waals surface area contributed by atoms with Crippen LogP contribution in [0.3, 0.4) is 0 Å². The Morgan fingerprint density at radius 1 is 1.64 bits per heavy atom. The van der Waals surface area contributed by atoms with Gasteiger partial charge in [0.15, 0.2) is 6.04 Å². The molecule has 0 saturated heterocycles. The van der Waals surface area contributed by atoms with Gasteiger partial charge in [-0.2, -0.15) is 0 Å². The van der Waals surface area contributed by atoms with Crippen molar-refractivity contribution in [2.75, 3.05) is 11.5 Å². The highest BCUT2D eigenvalue weighted by Crippen LogP contribution is 1.99. The predicted octanol–water partition coefficient (Wildman–Crippen LogP) is -2.10. The maximum Gasteiger partial charge on any atom is 0.363 e. The summed E-state index contributed by atoms with van der Waals surface area (Å²) in [6.45, 7) is 0. The fourth-order valence-electron chi connectivity index (χ4n) is 0.373. The third kappa shape index (κ3) is 5.68. The van der Waals surface area contributed by atoms with E-state index >= 15 is 0 Å². The van der Waals surface area contributed by atoms with Crippen LogP contribution in [0.5, 0.6) is 0 Å². The van der Waals surface area contributed by atoms with Crippen LogP contribution < -0.4 is 11.5 Å². The Hall–Kier alpha value is -0.750. The minimum absolute atomic E-state index is 0.152. The summed E-state index contributed by atoms with van der Waals surface area (Å²) in [5.41, 5.74) is 8.19. The molecule has 0 radical (unpaired) electrons. The van der Waals surface area contributed by atoms with Gasteiger partial charge in [-0.15, -0.1) is 11.8 Å². The van der Waals surface area contributed by atoms with Crippen LogP contribution in [0.25, 0.3) is 0 Å². The summed E-state index contributed by atoms with van der Waals surface area (Å²) in [5.74, 6) is -0.924. The largest absolute Gasteiger partial charge is 0.477 e. The standard InChI is InChI=1S/C5H10N2O3S/c6-3(5(9)10)1-11-2-4(7)8/h3H,1-2,6H2,(H2,7,8)(H,9,10)/p+1/t3-/m0/s1. The summed E-state index contributed by atoms with van der Waals surface area (Å²) < 4.78 is 0. The van der Waals surface area contributed by atoms with Gasteiger partial charge in [0.05, 0.1) is 11.5 Å². The predicted molar refractivity (Wildman–Crippen MR) is 40.8 cm³/mol. The number of quaternary nitrogens is 1. The molecule has 6 heteroatoms. The van der Waals surface area contributed by atoms with Gasteiger partial charge in [-0.05, 0) is 0 Å². The molecule has 0 rings (SSSR count). The molecule has 0 unspecified atom stereocenters. The number of carbonyl (C=O) groups excluding carboxylic acids is 1. The summed E-state index contributed by atoms with van der Waals surface area (Å²) >= 11 is 1.18. The molecule has 1 atom stereocenters. The molecular weight excluding hydrogens is 168 g/mol. The second-order valence-corrected chi connectivity index (χ2v) is 3.05. The Balaban J connectivity index is 3.39. The van der Waals surface area contributed by atoms with E-state index in [0.717, 1.165) is 0 Å². The zero-order chi connectivity index (χ0) is 8.85. The normalized spacial score (nSPS) is 12.5. The number of amides is 1. The van der Waals surface area contributed by atoms with Gasteiger partial charge < -0.3 is 16.6 Å². The van der Waals surface area contributed by atoms with Crippen LogP contribution in [-0.2, 0) is 9.59 Å². The van der Waals surface area contributed by atoms with Crippen LogP contribution in [0.2, 0.25) is 0 Å². The highest BCUT2D eigenvalue weighted by Gasteiger charge is 2.14. The van der Waals surface area contributed by atoms with Gasteiger partial charge in [-0.1, -0.05) is 0 Å². The van der Waals surface area contributed by atoms with Gasteiger partial charge in [0.1, 0.15) is 0 Å². The monoisotopic (exact) mass is 179 g/mol. The Labute approximate surface area is 68.1 Å². The third-order valence-electron chi connectivity index (χ3n) is 0.913. The van der Waals surface area contributed by atoms with Crippen LogP contribution >= 0.6 is 11.8 Å². The number of carbonyl (C=O) groups is 2. The molecule has 0 aliphatic heterocycles. The molecule has 0 bridgehead atoms. The van der Waals surface area contributed by atoms with Crippen molar-refractivity contribution < 1.29 is 20.4 Å². The average Bonchev–Trinajstić information content (AvgIpc) is 1.86. The van der Waals surface area contributed by atoms with Crippen molar-refractivity contribution in [3.8, 4) is 0 Å². The molecule has 0 aliphatic carbocycles. The number of hydrogen-bond donors (Lipinski definition) is 3. The van der Waals surface area contributed by atoms with E-state index in [1.54, 1.807) is 0 Å². The first kappa shape index (κ1) is 10.2. The second-order valence-electron chi connectivity index (χ2n) is 2.02.